The van der Waals surface area contributed by atoms with Crippen LogP contribution in [0.4, 0.5) is 0 Å². The highest BCUT2D eigenvalue weighted by atomic mass is 16.3. The molecule has 0 radical (unpaired) electrons. The van der Waals surface area contributed by atoms with Crippen molar-refractivity contribution in [2.45, 2.75) is 6.54 Å². The molecule has 0 atom stereocenters. The van der Waals surface area contributed by atoms with Gasteiger partial charge >= 0.3 is 0 Å². The zero-order chi connectivity index (χ0) is 10.1. The average Bonchev–Trinajstić information content (AvgIpc) is 2.44. The standard InChI is InChI=1S/C11H14N2O/c1-13(2)7-9-5-8-6-10(14)3-4-11(8)12-9/h3-6,12,14H,7H2,1-2H3. The van der Waals surface area contributed by atoms with Crippen molar-refractivity contribution in [3.05, 3.63) is 30.0 Å². The van der Waals surface area contributed by atoms with Gasteiger partial charge in [0.05, 0.1) is 0 Å². The Bertz CT molecular complexity index is 445. The zero-order valence-corrected chi connectivity index (χ0v) is 8.41. The van der Waals surface area contributed by atoms with Gasteiger partial charge in [0, 0.05) is 23.1 Å². The minimum atomic E-state index is 0.313. The summed E-state index contributed by atoms with van der Waals surface area (Å²) in [6, 6.07) is 7.42. The fourth-order valence-electron chi connectivity index (χ4n) is 1.61. The largest absolute Gasteiger partial charge is 0.508 e. The maximum atomic E-state index is 9.30. The number of nitrogens with one attached hydrogen (secondary N) is 1. The van der Waals surface area contributed by atoms with Gasteiger partial charge < -0.3 is 15.0 Å². The van der Waals surface area contributed by atoms with E-state index in [2.05, 4.69) is 16.0 Å². The zero-order valence-electron chi connectivity index (χ0n) is 8.41. The van der Waals surface area contributed by atoms with E-state index in [1.54, 1.807) is 12.1 Å². The first kappa shape index (κ1) is 9.09. The van der Waals surface area contributed by atoms with E-state index in [-0.39, 0.29) is 0 Å². The molecular formula is C11H14N2O. The lowest BCUT2D eigenvalue weighted by Gasteiger charge is -2.06. The fraction of sp³-hybridized carbons (Fsp3) is 0.273. The predicted octanol–water partition coefficient (Wildman–Crippen LogP) is 1.94. The monoisotopic (exact) mass is 190 g/mol. The van der Waals surface area contributed by atoms with Gasteiger partial charge in [-0.15, -0.1) is 0 Å². The van der Waals surface area contributed by atoms with Crippen molar-refractivity contribution >= 4 is 10.9 Å². The maximum Gasteiger partial charge on any atom is 0.116 e. The summed E-state index contributed by atoms with van der Waals surface area (Å²) in [5.41, 5.74) is 2.23. The molecule has 0 aliphatic heterocycles. The number of hydrogen-bond acceptors (Lipinski definition) is 2. The highest BCUT2D eigenvalue weighted by Gasteiger charge is 2.01. The molecule has 2 rings (SSSR count). The number of aromatic hydroxyl groups is 1. The Morgan fingerprint density at radius 2 is 2.07 bits per heavy atom. The van der Waals surface area contributed by atoms with Crippen LogP contribution in [-0.4, -0.2) is 29.1 Å². The van der Waals surface area contributed by atoms with Crippen LogP contribution in [0.5, 0.6) is 5.75 Å². The van der Waals surface area contributed by atoms with Crippen molar-refractivity contribution < 1.29 is 5.11 Å². The second kappa shape index (κ2) is 3.35. The summed E-state index contributed by atoms with van der Waals surface area (Å²) in [6.07, 6.45) is 0. The first-order valence-corrected chi connectivity index (χ1v) is 4.60. The third kappa shape index (κ3) is 1.72. The number of phenols is 1. The number of hydrogen-bond donors (Lipinski definition) is 2. The van der Waals surface area contributed by atoms with Crippen molar-refractivity contribution in [1.29, 1.82) is 0 Å². The topological polar surface area (TPSA) is 39.3 Å². The van der Waals surface area contributed by atoms with Gasteiger partial charge in [0.1, 0.15) is 5.75 Å². The summed E-state index contributed by atoms with van der Waals surface area (Å²) in [5, 5.41) is 10.4. The Labute approximate surface area is 83.0 Å². The lowest BCUT2D eigenvalue weighted by Crippen LogP contribution is -2.10. The number of nitrogens with zero attached hydrogens (tertiary/aromatic N) is 1. The van der Waals surface area contributed by atoms with Gasteiger partial charge in [-0.25, -0.2) is 0 Å². The number of H-pyrrole nitrogens is 1. The predicted molar refractivity (Wildman–Crippen MR) is 57.4 cm³/mol. The number of rotatable bonds is 2. The molecule has 1 aromatic carbocycles. The van der Waals surface area contributed by atoms with Crippen LogP contribution in [-0.2, 0) is 6.54 Å². The molecule has 3 nitrogen and oxygen atoms in total. The molecule has 14 heavy (non-hydrogen) atoms. The van der Waals surface area contributed by atoms with Crippen LogP contribution in [0.1, 0.15) is 5.69 Å². The second-order valence-electron chi connectivity index (χ2n) is 3.80. The molecule has 2 aromatic rings. The van der Waals surface area contributed by atoms with Gasteiger partial charge in [0.25, 0.3) is 0 Å². The van der Waals surface area contributed by atoms with Gasteiger partial charge in [-0.1, -0.05) is 0 Å². The Balaban J connectivity index is 2.41. The molecule has 0 unspecified atom stereocenters. The van der Waals surface area contributed by atoms with Crippen molar-refractivity contribution in [3.63, 3.8) is 0 Å². The molecule has 74 valence electrons. The van der Waals surface area contributed by atoms with E-state index in [9.17, 15) is 5.11 Å². The Hall–Kier alpha value is -1.48. The summed E-state index contributed by atoms with van der Waals surface area (Å²) < 4.78 is 0. The molecular weight excluding hydrogens is 176 g/mol. The SMILES string of the molecule is CN(C)Cc1cc2cc(O)ccc2[nH]1. The molecule has 0 aliphatic carbocycles. The van der Waals surface area contributed by atoms with Crippen LogP contribution in [0.25, 0.3) is 10.9 Å². The summed E-state index contributed by atoms with van der Waals surface area (Å²) in [4.78, 5) is 5.40. The van der Waals surface area contributed by atoms with Crippen LogP contribution in [0.15, 0.2) is 24.3 Å². The van der Waals surface area contributed by atoms with Crippen molar-refractivity contribution in [2.24, 2.45) is 0 Å². The molecule has 1 aromatic heterocycles. The number of aromatic amines is 1. The smallest absolute Gasteiger partial charge is 0.116 e. The molecule has 2 N–H and O–H groups in total. The third-order valence-corrected chi connectivity index (χ3v) is 2.15. The maximum absolute atomic E-state index is 9.30. The van der Waals surface area contributed by atoms with Crippen molar-refractivity contribution in [1.82, 2.24) is 9.88 Å². The Kier molecular flexibility index (Phi) is 2.17. The fourth-order valence-corrected chi connectivity index (χ4v) is 1.61. The number of phenolic OH excluding ortho intramolecular Hbond substituents is 1. The van der Waals surface area contributed by atoms with Crippen LogP contribution in [0.3, 0.4) is 0 Å². The molecule has 0 spiro atoms. The molecule has 3 heteroatoms. The van der Waals surface area contributed by atoms with Gasteiger partial charge in [-0.05, 0) is 38.4 Å². The number of fused-ring (bicyclic) bond motifs is 1. The summed E-state index contributed by atoms with van der Waals surface area (Å²) in [5.74, 6) is 0.313. The number of aromatic nitrogens is 1. The second-order valence-corrected chi connectivity index (χ2v) is 3.80. The van der Waals surface area contributed by atoms with Crippen LogP contribution >= 0.6 is 0 Å². The van der Waals surface area contributed by atoms with E-state index in [4.69, 9.17) is 0 Å². The Morgan fingerprint density at radius 3 is 2.79 bits per heavy atom. The molecule has 0 bridgehead atoms. The van der Waals surface area contributed by atoms with Gasteiger partial charge in [0.15, 0.2) is 0 Å². The van der Waals surface area contributed by atoms with E-state index in [1.165, 1.54) is 0 Å². The first-order valence-electron chi connectivity index (χ1n) is 4.60. The molecule has 1 heterocycles. The lowest BCUT2D eigenvalue weighted by atomic mass is 10.2. The van der Waals surface area contributed by atoms with Gasteiger partial charge in [0.2, 0.25) is 0 Å². The average molecular weight is 190 g/mol. The van der Waals surface area contributed by atoms with Crippen LogP contribution in [0.2, 0.25) is 0 Å². The van der Waals surface area contributed by atoms with E-state index < -0.39 is 0 Å². The van der Waals surface area contributed by atoms with Gasteiger partial charge in [-0.3, -0.25) is 0 Å². The van der Waals surface area contributed by atoms with E-state index >= 15 is 0 Å². The number of benzene rings is 1. The molecule has 0 saturated carbocycles. The normalized spacial score (nSPS) is 11.4. The molecule has 0 saturated heterocycles. The lowest BCUT2D eigenvalue weighted by molar-refractivity contribution is 0.398. The quantitative estimate of drug-likeness (QED) is 0.759. The minimum absolute atomic E-state index is 0.313. The minimum Gasteiger partial charge on any atom is -0.508 e. The van der Waals surface area contributed by atoms with Crippen molar-refractivity contribution in [3.8, 4) is 5.75 Å². The molecule has 0 fully saturated rings. The summed E-state index contributed by atoms with van der Waals surface area (Å²) in [7, 11) is 4.06. The van der Waals surface area contributed by atoms with Gasteiger partial charge in [-0.2, -0.15) is 0 Å². The summed E-state index contributed by atoms with van der Waals surface area (Å²) in [6.45, 7) is 0.884. The van der Waals surface area contributed by atoms with E-state index in [1.807, 2.05) is 20.2 Å². The Morgan fingerprint density at radius 1 is 1.29 bits per heavy atom. The van der Waals surface area contributed by atoms with Crippen LogP contribution < -0.4 is 0 Å². The van der Waals surface area contributed by atoms with E-state index in [0.717, 1.165) is 23.1 Å². The molecule has 0 aliphatic rings. The summed E-state index contributed by atoms with van der Waals surface area (Å²) >= 11 is 0. The van der Waals surface area contributed by atoms with Crippen molar-refractivity contribution in [2.75, 3.05) is 14.1 Å². The highest BCUT2D eigenvalue weighted by Crippen LogP contribution is 2.20. The van der Waals surface area contributed by atoms with Crippen LogP contribution in [0, 0.1) is 0 Å². The first-order chi connectivity index (χ1) is 6.65. The molecule has 0 amide bonds. The highest BCUT2D eigenvalue weighted by molar-refractivity contribution is 5.81. The van der Waals surface area contributed by atoms with E-state index in [0.29, 0.717) is 5.75 Å². The third-order valence-electron chi connectivity index (χ3n) is 2.15.